The third-order valence-electron chi connectivity index (χ3n) is 0.489. The molecular weight excluding hydrogens is 142 g/mol. The number of hydrogen-bond acceptors (Lipinski definition) is 5. The van der Waals surface area contributed by atoms with Gasteiger partial charge in [0.25, 0.3) is 0 Å². The molecule has 1 rings (SSSR count). The largest absolute Gasteiger partial charge is 0.147 e. The fraction of sp³-hybridized carbons (Fsp3) is 0. The van der Waals surface area contributed by atoms with Crippen molar-refractivity contribution in [2.75, 3.05) is 0 Å². The van der Waals surface area contributed by atoms with Crippen LogP contribution in [-0.4, -0.2) is 6.21 Å². The minimum absolute atomic E-state index is 0. The number of nitrogens with zero attached hydrogens (tertiary/aromatic N) is 5. The molecule has 1 aliphatic rings. The smallest absolute Gasteiger partial charge is 0.0530 e. The van der Waals surface area contributed by atoms with Crippen molar-refractivity contribution >= 4 is 18.6 Å². The van der Waals surface area contributed by atoms with E-state index in [4.69, 9.17) is 0 Å². The molecule has 48 valence electrons. The van der Waals surface area contributed by atoms with Gasteiger partial charge in [0, 0.05) is 0 Å². The summed E-state index contributed by atoms with van der Waals surface area (Å²) in [6.07, 6.45) is 4.56. The lowest BCUT2D eigenvalue weighted by molar-refractivity contribution is 0.891. The van der Waals surface area contributed by atoms with Gasteiger partial charge in [0.15, 0.2) is 0 Å². The van der Waals surface area contributed by atoms with E-state index in [1.54, 1.807) is 6.08 Å². The molecule has 0 spiro atoms. The molecule has 0 atom stereocenters. The second-order valence-corrected chi connectivity index (χ2v) is 0.990. The Kier molecular flexibility index (Phi) is 4.43. The fourth-order valence-corrected chi connectivity index (χ4v) is 0.239. The molecule has 6 heteroatoms. The van der Waals surface area contributed by atoms with Gasteiger partial charge in [-0.15, -0.1) is 22.6 Å². The van der Waals surface area contributed by atoms with Crippen LogP contribution < -0.4 is 0 Å². The SMILES string of the molecule is C1=C\N=N/N=N\N=C/1.Cl. The van der Waals surface area contributed by atoms with Gasteiger partial charge in [-0.3, -0.25) is 0 Å². The first-order chi connectivity index (χ1) is 4.00. The minimum atomic E-state index is 0. The maximum atomic E-state index is 3.42. The van der Waals surface area contributed by atoms with E-state index in [2.05, 4.69) is 25.9 Å². The lowest BCUT2D eigenvalue weighted by Crippen LogP contribution is -1.62. The third kappa shape index (κ3) is 3.48. The number of halogens is 1. The van der Waals surface area contributed by atoms with E-state index in [9.17, 15) is 0 Å². The summed E-state index contributed by atoms with van der Waals surface area (Å²) < 4.78 is 0. The lowest BCUT2D eigenvalue weighted by Gasteiger charge is -1.74. The summed E-state index contributed by atoms with van der Waals surface area (Å²) >= 11 is 0. The van der Waals surface area contributed by atoms with Crippen molar-refractivity contribution in [2.45, 2.75) is 0 Å². The van der Waals surface area contributed by atoms with Crippen molar-refractivity contribution in [2.24, 2.45) is 25.9 Å². The van der Waals surface area contributed by atoms with Gasteiger partial charge in [-0.25, -0.2) is 0 Å². The molecule has 5 nitrogen and oxygen atoms in total. The summed E-state index contributed by atoms with van der Waals surface area (Å²) in [5.74, 6) is 0. The van der Waals surface area contributed by atoms with Crippen LogP contribution >= 0.6 is 12.4 Å². The second kappa shape index (κ2) is 5.04. The number of allylic oxidation sites excluding steroid dienone is 1. The molecule has 1 heterocycles. The van der Waals surface area contributed by atoms with Gasteiger partial charge < -0.3 is 0 Å². The van der Waals surface area contributed by atoms with E-state index in [-0.39, 0.29) is 12.4 Å². The Bertz CT molecular complexity index is 113. The molecule has 0 fully saturated rings. The zero-order valence-electron chi connectivity index (χ0n) is 4.38. The van der Waals surface area contributed by atoms with Gasteiger partial charge in [-0.1, -0.05) is 0 Å². The average molecular weight is 146 g/mol. The van der Waals surface area contributed by atoms with Crippen molar-refractivity contribution in [3.8, 4) is 0 Å². The third-order valence-corrected chi connectivity index (χ3v) is 0.489. The van der Waals surface area contributed by atoms with Gasteiger partial charge in [-0.2, -0.15) is 0 Å². The summed E-state index contributed by atoms with van der Waals surface area (Å²) in [5.41, 5.74) is 0. The number of rotatable bonds is 0. The predicted octanol–water partition coefficient (Wildman–Crippen LogP) is 1.74. The van der Waals surface area contributed by atoms with Crippen LogP contribution in [0, 0.1) is 0 Å². The van der Waals surface area contributed by atoms with Crippen molar-refractivity contribution < 1.29 is 0 Å². The average Bonchev–Trinajstić information content (AvgIpc) is 1.62. The second-order valence-electron chi connectivity index (χ2n) is 0.990. The molecule has 0 aromatic carbocycles. The fourth-order valence-electron chi connectivity index (χ4n) is 0.239. The van der Waals surface area contributed by atoms with Gasteiger partial charge in [0.05, 0.1) is 12.4 Å². The lowest BCUT2D eigenvalue weighted by atomic mass is 10.7. The van der Waals surface area contributed by atoms with E-state index in [1.165, 1.54) is 12.4 Å². The maximum Gasteiger partial charge on any atom is 0.0530 e. The molecule has 0 amide bonds. The first kappa shape index (κ1) is 7.90. The molecule has 0 aromatic heterocycles. The van der Waals surface area contributed by atoms with Crippen molar-refractivity contribution in [3.05, 3.63) is 12.3 Å². The predicted molar refractivity (Wildman–Crippen MR) is 34.6 cm³/mol. The van der Waals surface area contributed by atoms with Crippen LogP contribution in [0.5, 0.6) is 0 Å². The van der Waals surface area contributed by atoms with E-state index < -0.39 is 0 Å². The number of hydrogen-bond donors (Lipinski definition) is 0. The van der Waals surface area contributed by atoms with Crippen LogP contribution in [0.25, 0.3) is 0 Å². The van der Waals surface area contributed by atoms with Gasteiger partial charge >= 0.3 is 0 Å². The van der Waals surface area contributed by atoms with Gasteiger partial charge in [0.2, 0.25) is 0 Å². The monoisotopic (exact) mass is 145 g/mol. The summed E-state index contributed by atoms with van der Waals surface area (Å²) in [7, 11) is 0. The van der Waals surface area contributed by atoms with Gasteiger partial charge in [-0.05, 0) is 21.7 Å². The van der Waals surface area contributed by atoms with E-state index >= 15 is 0 Å². The molecular formula is C3H4ClN5. The molecule has 0 saturated heterocycles. The minimum Gasteiger partial charge on any atom is -0.147 e. The van der Waals surface area contributed by atoms with Crippen LogP contribution in [-0.2, 0) is 0 Å². The maximum absolute atomic E-state index is 3.42. The van der Waals surface area contributed by atoms with E-state index in [0.29, 0.717) is 0 Å². The van der Waals surface area contributed by atoms with Crippen LogP contribution in [0.1, 0.15) is 0 Å². The van der Waals surface area contributed by atoms with Crippen LogP contribution in [0.4, 0.5) is 0 Å². The van der Waals surface area contributed by atoms with Gasteiger partial charge in [0.1, 0.15) is 0 Å². The summed E-state index contributed by atoms with van der Waals surface area (Å²) in [6, 6.07) is 0. The highest BCUT2D eigenvalue weighted by Crippen LogP contribution is 1.85. The first-order valence-corrected chi connectivity index (χ1v) is 1.98. The summed E-state index contributed by atoms with van der Waals surface area (Å²) in [6.45, 7) is 0. The normalized spacial score (nSPS) is 28.4. The molecule has 0 N–H and O–H groups in total. The Morgan fingerprint density at radius 2 is 1.89 bits per heavy atom. The zero-order valence-corrected chi connectivity index (χ0v) is 5.19. The van der Waals surface area contributed by atoms with E-state index in [0.717, 1.165) is 0 Å². The Hall–Kier alpha value is -1.10. The van der Waals surface area contributed by atoms with Crippen LogP contribution in [0.15, 0.2) is 38.2 Å². The standard InChI is InChI=1S/C3H3N5.ClH/c1-2-4-6-8-7-5-3-1;/h1-3H;1H/b2-1-,3-1?,4-2?,5-3-,6-4-,7-5?,8-6?,8-7-;. The van der Waals surface area contributed by atoms with Crippen LogP contribution in [0.2, 0.25) is 0 Å². The molecule has 0 radical (unpaired) electrons. The highest BCUT2D eigenvalue weighted by Gasteiger charge is 1.68. The quantitative estimate of drug-likeness (QED) is 0.499. The Balaban J connectivity index is 0.000000640. The molecule has 9 heavy (non-hydrogen) atoms. The van der Waals surface area contributed by atoms with Crippen molar-refractivity contribution in [3.63, 3.8) is 0 Å². The summed E-state index contributed by atoms with van der Waals surface area (Å²) in [5, 5.41) is 16.4. The zero-order chi connectivity index (χ0) is 5.66. The Labute approximate surface area is 57.7 Å². The van der Waals surface area contributed by atoms with Crippen molar-refractivity contribution in [1.29, 1.82) is 0 Å². The van der Waals surface area contributed by atoms with E-state index in [1.807, 2.05) is 0 Å². The molecule has 0 aromatic rings. The molecule has 0 aliphatic carbocycles. The molecule has 1 aliphatic heterocycles. The molecule has 0 unspecified atom stereocenters. The highest BCUT2D eigenvalue weighted by atomic mass is 35.5. The van der Waals surface area contributed by atoms with Crippen molar-refractivity contribution in [1.82, 2.24) is 0 Å². The highest BCUT2D eigenvalue weighted by molar-refractivity contribution is 5.85. The Morgan fingerprint density at radius 3 is 2.78 bits per heavy atom. The van der Waals surface area contributed by atoms with Crippen LogP contribution in [0.3, 0.4) is 0 Å². The molecule has 0 bridgehead atoms. The first-order valence-electron chi connectivity index (χ1n) is 1.98. The summed E-state index contributed by atoms with van der Waals surface area (Å²) in [4.78, 5) is 0. The topological polar surface area (TPSA) is 61.8 Å². The molecule has 0 saturated carbocycles. The Morgan fingerprint density at radius 1 is 1.00 bits per heavy atom.